The van der Waals surface area contributed by atoms with Crippen molar-refractivity contribution >= 4 is 80.9 Å². The highest BCUT2D eigenvalue weighted by molar-refractivity contribution is 8.00. The number of likely N-dealkylation sites (tertiary alicyclic amines) is 1. The average Bonchev–Trinajstić information content (AvgIpc) is 3.74. The van der Waals surface area contributed by atoms with Crippen LogP contribution in [0.5, 0.6) is 11.5 Å². The summed E-state index contributed by atoms with van der Waals surface area (Å²) in [7, 11) is 0. The first-order chi connectivity index (χ1) is 24.5. The number of Topliss-reactive ketones (excluding diaryl/α,β-unsaturated/α-hetero) is 2. The number of fused-ring (bicyclic) bond motifs is 1. The molecule has 2 saturated heterocycles. The van der Waals surface area contributed by atoms with E-state index in [1.807, 2.05) is 0 Å². The number of hydrogen-bond donors (Lipinski definition) is 6. The van der Waals surface area contributed by atoms with Gasteiger partial charge in [-0.15, -0.1) is 23.1 Å². The number of anilines is 1. The molecule has 0 saturated carbocycles. The first kappa shape index (κ1) is 38.5. The molecule has 2 aromatic rings. The van der Waals surface area contributed by atoms with Crippen molar-refractivity contribution in [1.29, 1.82) is 0 Å². The lowest BCUT2D eigenvalue weighted by Gasteiger charge is -2.50. The minimum Gasteiger partial charge on any atom is -0.504 e. The first-order valence-electron chi connectivity index (χ1n) is 16.0. The first-order valence-corrected chi connectivity index (χ1v) is 18.3. The molecule has 0 radical (unpaired) electrons. The molecule has 3 aliphatic rings. The topological polar surface area (TPSA) is 259 Å². The minimum absolute atomic E-state index is 0.0469. The summed E-state index contributed by atoms with van der Waals surface area (Å²) in [6.45, 7) is 4.51. The van der Waals surface area contributed by atoms with Crippen molar-refractivity contribution in [2.45, 2.75) is 44.1 Å². The number of carbonyl (C=O) groups is 6. The molecule has 1 aromatic heterocycles. The molecule has 278 valence electrons. The monoisotopic (exact) mass is 779 g/mol. The molecule has 0 bridgehead atoms. The number of thioether (sulfide) groups is 1. The molecule has 3 aliphatic heterocycles. The summed E-state index contributed by atoms with van der Waals surface area (Å²) in [6.07, 6.45) is 1.32. The van der Waals surface area contributed by atoms with E-state index in [0.29, 0.717) is 29.7 Å². The SMILES string of the molecule is CC(C)(O/N=C(\C(=O)C[C@@H]1C(=O)N2C(C(=O)O)=C(C[N+]3(CCNC(=O)C(=O)c4ccc(O)c(O)c4Cl)CCCC3)CS[C@H]12)c1csc(N)n1)C(=O)O. The number of benzene rings is 1. The summed E-state index contributed by atoms with van der Waals surface area (Å²) in [5.74, 6) is -7.74. The van der Waals surface area contributed by atoms with E-state index in [4.69, 9.17) is 22.2 Å². The Balaban J connectivity index is 1.28. The zero-order valence-corrected chi connectivity index (χ0v) is 30.3. The molecule has 2 fully saturated rings. The second-order valence-corrected chi connectivity index (χ2v) is 15.4. The third-order valence-electron chi connectivity index (χ3n) is 9.13. The van der Waals surface area contributed by atoms with Crippen molar-refractivity contribution in [2.24, 2.45) is 11.1 Å². The van der Waals surface area contributed by atoms with Crippen molar-refractivity contribution < 1.29 is 58.5 Å². The van der Waals surface area contributed by atoms with Crippen LogP contribution in [0.15, 0.2) is 33.9 Å². The smallest absolute Gasteiger partial charge is 0.352 e. The quantitative estimate of drug-likeness (QED) is 0.0287. The number of ketones is 2. The molecule has 4 heterocycles. The van der Waals surface area contributed by atoms with Gasteiger partial charge in [-0.3, -0.25) is 24.1 Å². The molecule has 20 heteroatoms. The number of nitrogen functional groups attached to an aromatic ring is 1. The Bertz CT molecular complexity index is 1910. The number of rotatable bonds is 15. The number of halogens is 1. The van der Waals surface area contributed by atoms with Crippen LogP contribution in [0.4, 0.5) is 5.13 Å². The summed E-state index contributed by atoms with van der Waals surface area (Å²) in [5.41, 5.74) is 3.77. The zero-order chi connectivity index (χ0) is 38.1. The average molecular weight is 780 g/mol. The molecule has 0 aliphatic carbocycles. The van der Waals surface area contributed by atoms with Gasteiger partial charge in [-0.1, -0.05) is 16.8 Å². The summed E-state index contributed by atoms with van der Waals surface area (Å²) < 4.78 is 0.403. The summed E-state index contributed by atoms with van der Waals surface area (Å²) in [4.78, 5) is 87.0. The van der Waals surface area contributed by atoms with Crippen molar-refractivity contribution in [3.8, 4) is 11.5 Å². The number of nitrogens with two attached hydrogens (primary N) is 1. The predicted molar refractivity (Wildman–Crippen MR) is 188 cm³/mol. The highest BCUT2D eigenvalue weighted by atomic mass is 35.5. The number of nitrogens with zero attached hydrogens (tertiary/aromatic N) is 4. The number of phenolic OH excluding ortho intramolecular Hbond substituents is 2. The number of nitrogens with one attached hydrogen (secondary N) is 1. The van der Waals surface area contributed by atoms with Crippen molar-refractivity contribution in [3.05, 3.63) is 45.1 Å². The second kappa shape index (κ2) is 15.1. The van der Waals surface area contributed by atoms with Crippen molar-refractivity contribution in [1.82, 2.24) is 15.2 Å². The van der Waals surface area contributed by atoms with E-state index in [1.54, 1.807) is 0 Å². The maximum atomic E-state index is 13.5. The Kier molecular flexibility index (Phi) is 11.2. The lowest BCUT2D eigenvalue weighted by molar-refractivity contribution is -0.911. The third-order valence-corrected chi connectivity index (χ3v) is 11.6. The maximum absolute atomic E-state index is 13.5. The molecular weight excluding hydrogens is 744 g/mol. The van der Waals surface area contributed by atoms with Crippen LogP contribution in [-0.2, 0) is 28.8 Å². The number of aliphatic carboxylic acids is 2. The Morgan fingerprint density at radius 1 is 1.17 bits per heavy atom. The maximum Gasteiger partial charge on any atom is 0.352 e. The van der Waals surface area contributed by atoms with Crippen LogP contribution < -0.4 is 11.1 Å². The van der Waals surface area contributed by atoms with Gasteiger partial charge in [-0.05, 0) is 26.0 Å². The molecular formula is C32H36ClN6O11S2+. The van der Waals surface area contributed by atoms with Gasteiger partial charge < -0.3 is 40.8 Å². The van der Waals surface area contributed by atoms with E-state index in [-0.39, 0.29) is 53.1 Å². The molecule has 2 amide bonds. The van der Waals surface area contributed by atoms with Crippen molar-refractivity contribution in [3.63, 3.8) is 0 Å². The fraction of sp³-hybridized carbons (Fsp3) is 0.438. The summed E-state index contributed by atoms with van der Waals surface area (Å²) in [6, 6.07) is 2.17. The number of thiazole rings is 1. The number of phenols is 2. The van der Waals surface area contributed by atoms with Gasteiger partial charge in [0.1, 0.15) is 17.9 Å². The van der Waals surface area contributed by atoms with Gasteiger partial charge in [0.05, 0.1) is 48.1 Å². The molecule has 7 N–H and O–H groups in total. The summed E-state index contributed by atoms with van der Waals surface area (Å²) >= 11 is 8.29. The number of hydrogen-bond acceptors (Lipinski definition) is 14. The molecule has 52 heavy (non-hydrogen) atoms. The van der Waals surface area contributed by atoms with E-state index in [0.717, 1.165) is 36.3 Å². The van der Waals surface area contributed by atoms with Gasteiger partial charge in [-0.2, -0.15) is 0 Å². The van der Waals surface area contributed by atoms with Gasteiger partial charge in [0.25, 0.3) is 11.7 Å². The molecule has 5 rings (SSSR count). The number of carboxylic acid groups (broad SMARTS) is 2. The van der Waals surface area contributed by atoms with Gasteiger partial charge in [0, 0.05) is 36.0 Å². The van der Waals surface area contributed by atoms with Gasteiger partial charge >= 0.3 is 11.9 Å². The number of quaternary nitrogens is 1. The largest absolute Gasteiger partial charge is 0.504 e. The Hall–Kier alpha value is -4.72. The number of carboxylic acids is 2. The van der Waals surface area contributed by atoms with E-state index in [2.05, 4.69) is 15.5 Å². The van der Waals surface area contributed by atoms with Gasteiger partial charge in [0.2, 0.25) is 11.5 Å². The minimum atomic E-state index is -1.78. The Labute approximate surface area is 309 Å². The Morgan fingerprint density at radius 2 is 1.87 bits per heavy atom. The van der Waals surface area contributed by atoms with Gasteiger partial charge in [-0.25, -0.2) is 14.6 Å². The van der Waals surface area contributed by atoms with Crippen LogP contribution in [0.2, 0.25) is 5.02 Å². The van der Waals surface area contributed by atoms with E-state index >= 15 is 0 Å². The number of amides is 2. The van der Waals surface area contributed by atoms with Crippen LogP contribution in [0, 0.1) is 5.92 Å². The second-order valence-electron chi connectivity index (χ2n) is 13.1. The third kappa shape index (κ3) is 7.71. The predicted octanol–water partition coefficient (Wildman–Crippen LogP) is 1.81. The number of aromatic hydroxyl groups is 2. The highest BCUT2D eigenvalue weighted by Crippen LogP contribution is 2.46. The van der Waals surface area contributed by atoms with Crippen LogP contribution in [0.1, 0.15) is 49.2 Å². The Morgan fingerprint density at radius 3 is 2.48 bits per heavy atom. The normalized spacial score (nSPS) is 19.9. The number of aromatic nitrogens is 1. The van der Waals surface area contributed by atoms with E-state index in [1.165, 1.54) is 35.9 Å². The fourth-order valence-corrected chi connectivity index (χ4v) is 8.48. The number of β-lactam (4-membered cyclic amide) rings is 1. The van der Waals surface area contributed by atoms with Crippen LogP contribution in [0.25, 0.3) is 0 Å². The molecule has 1 aromatic carbocycles. The van der Waals surface area contributed by atoms with E-state index in [9.17, 15) is 49.2 Å². The summed E-state index contributed by atoms with van der Waals surface area (Å²) in [5, 5.41) is 45.9. The molecule has 0 spiro atoms. The van der Waals surface area contributed by atoms with Gasteiger partial charge in [0.15, 0.2) is 28.1 Å². The lowest BCUT2D eigenvalue weighted by atomic mass is 9.89. The van der Waals surface area contributed by atoms with Crippen LogP contribution in [0.3, 0.4) is 0 Å². The number of carbonyl (C=O) groups excluding carboxylic acids is 4. The standard InChI is InChI=1S/C32H35ClN6O11S2/c1-32(2,30(48)49)50-37-22(18-14-52-31(34)36-18)20(41)11-17-27(45)38-23(29(46)47)15(13-51-28(17)38)12-39(8-3-4-9-39)10-7-35-26(44)24(42)16-5-6-19(40)25(43)21(16)33/h5-6,14,17,28H,3-4,7-13H2,1-2H3,(H6-,34,35,36,37,40,41,42,43,44,46,47,48,49)/p+1/t17-,28-/m1/s1. The fourth-order valence-electron chi connectivity index (χ4n) is 6.28. The van der Waals surface area contributed by atoms with Crippen LogP contribution in [-0.4, -0.2) is 125 Å². The molecule has 17 nitrogen and oxygen atoms in total. The highest BCUT2D eigenvalue weighted by Gasteiger charge is 2.55. The number of oxime groups is 1. The molecule has 2 atom stereocenters. The van der Waals surface area contributed by atoms with Crippen LogP contribution >= 0.6 is 34.7 Å². The van der Waals surface area contributed by atoms with E-state index < -0.39 is 68.7 Å². The molecule has 0 unspecified atom stereocenters. The van der Waals surface area contributed by atoms with Crippen molar-refractivity contribution in [2.75, 3.05) is 44.2 Å². The lowest BCUT2D eigenvalue weighted by Crippen LogP contribution is -2.63. The zero-order valence-electron chi connectivity index (χ0n) is 28.0.